The van der Waals surface area contributed by atoms with Crippen LogP contribution in [-0.2, 0) is 10.0 Å². The average Bonchev–Trinajstić information content (AvgIpc) is 2.43. The molecular weight excluding hydrogens is 310 g/mol. The quantitative estimate of drug-likeness (QED) is 0.849. The van der Waals surface area contributed by atoms with Crippen molar-refractivity contribution in [2.24, 2.45) is 0 Å². The lowest BCUT2D eigenvalue weighted by atomic mass is 10.1. The molecule has 0 radical (unpaired) electrons. The number of nitriles is 1. The van der Waals surface area contributed by atoms with E-state index in [9.17, 15) is 8.42 Å². The van der Waals surface area contributed by atoms with Crippen LogP contribution < -0.4 is 10.5 Å². The molecule has 0 bridgehead atoms. The third-order valence-corrected chi connectivity index (χ3v) is 4.70. The Kier molecular flexibility index (Phi) is 4.07. The molecule has 0 aliphatic carbocycles. The molecule has 108 valence electrons. The number of hydrogen-bond acceptors (Lipinski definition) is 4. The molecule has 0 aliphatic heterocycles. The van der Waals surface area contributed by atoms with E-state index in [1.54, 1.807) is 19.1 Å². The Balaban J connectivity index is 2.47. The van der Waals surface area contributed by atoms with E-state index in [1.165, 1.54) is 24.3 Å². The summed E-state index contributed by atoms with van der Waals surface area (Å²) in [6.45, 7) is 1.74. The summed E-state index contributed by atoms with van der Waals surface area (Å²) >= 11 is 5.92. The van der Waals surface area contributed by atoms with Crippen molar-refractivity contribution < 1.29 is 8.42 Å². The Bertz CT molecular complexity index is 842. The first-order chi connectivity index (χ1) is 9.83. The van der Waals surface area contributed by atoms with E-state index in [-0.39, 0.29) is 9.92 Å². The van der Waals surface area contributed by atoms with Gasteiger partial charge in [-0.05, 0) is 42.8 Å². The zero-order valence-corrected chi connectivity index (χ0v) is 12.7. The van der Waals surface area contributed by atoms with Gasteiger partial charge in [0.05, 0.1) is 22.3 Å². The van der Waals surface area contributed by atoms with Gasteiger partial charge in [0.25, 0.3) is 10.0 Å². The SMILES string of the molecule is Cc1ccc(C#N)cc1NS(=O)(=O)c1cc(N)ccc1Cl. The molecule has 0 saturated heterocycles. The molecule has 0 spiro atoms. The van der Waals surface area contributed by atoms with E-state index in [0.717, 1.165) is 0 Å². The highest BCUT2D eigenvalue weighted by atomic mass is 35.5. The van der Waals surface area contributed by atoms with Gasteiger partial charge in [-0.25, -0.2) is 8.42 Å². The number of rotatable bonds is 3. The number of hydrogen-bond donors (Lipinski definition) is 2. The first kappa shape index (κ1) is 15.2. The van der Waals surface area contributed by atoms with E-state index in [4.69, 9.17) is 22.6 Å². The van der Waals surface area contributed by atoms with E-state index in [1.807, 2.05) is 6.07 Å². The number of benzene rings is 2. The molecule has 7 heteroatoms. The van der Waals surface area contributed by atoms with Crippen LogP contribution in [0, 0.1) is 18.3 Å². The van der Waals surface area contributed by atoms with Crippen molar-refractivity contribution in [2.45, 2.75) is 11.8 Å². The van der Waals surface area contributed by atoms with Crippen LogP contribution >= 0.6 is 11.6 Å². The zero-order chi connectivity index (χ0) is 15.6. The summed E-state index contributed by atoms with van der Waals surface area (Å²) in [4.78, 5) is -0.106. The molecule has 0 atom stereocenters. The molecule has 2 aromatic rings. The van der Waals surface area contributed by atoms with Crippen LogP contribution in [0.25, 0.3) is 0 Å². The maximum Gasteiger partial charge on any atom is 0.263 e. The van der Waals surface area contributed by atoms with E-state index in [2.05, 4.69) is 4.72 Å². The monoisotopic (exact) mass is 321 g/mol. The largest absolute Gasteiger partial charge is 0.399 e. The van der Waals surface area contributed by atoms with Crippen LogP contribution in [0.5, 0.6) is 0 Å². The van der Waals surface area contributed by atoms with Gasteiger partial charge in [-0.1, -0.05) is 17.7 Å². The van der Waals surface area contributed by atoms with Crippen molar-refractivity contribution in [1.29, 1.82) is 5.26 Å². The molecule has 0 unspecified atom stereocenters. The molecular formula is C14H12ClN3O2S. The fourth-order valence-corrected chi connectivity index (χ4v) is 3.38. The average molecular weight is 322 g/mol. The highest BCUT2D eigenvalue weighted by Gasteiger charge is 2.19. The van der Waals surface area contributed by atoms with Crippen LogP contribution in [0.1, 0.15) is 11.1 Å². The summed E-state index contributed by atoms with van der Waals surface area (Å²) in [6, 6.07) is 10.9. The lowest BCUT2D eigenvalue weighted by Gasteiger charge is -2.12. The minimum Gasteiger partial charge on any atom is -0.399 e. The topological polar surface area (TPSA) is 96.0 Å². The first-order valence-electron chi connectivity index (χ1n) is 5.92. The van der Waals surface area contributed by atoms with Gasteiger partial charge in [-0.2, -0.15) is 5.26 Å². The Morgan fingerprint density at radius 1 is 1.24 bits per heavy atom. The van der Waals surface area contributed by atoms with Crippen LogP contribution in [-0.4, -0.2) is 8.42 Å². The van der Waals surface area contributed by atoms with Crippen molar-refractivity contribution in [3.05, 3.63) is 52.5 Å². The normalized spacial score (nSPS) is 10.9. The highest BCUT2D eigenvalue weighted by molar-refractivity contribution is 7.92. The molecule has 5 nitrogen and oxygen atoms in total. The maximum absolute atomic E-state index is 12.4. The predicted molar refractivity (Wildman–Crippen MR) is 82.6 cm³/mol. The third-order valence-electron chi connectivity index (χ3n) is 2.86. The molecule has 0 amide bonds. The summed E-state index contributed by atoms with van der Waals surface area (Å²) in [5.74, 6) is 0. The Morgan fingerprint density at radius 3 is 2.62 bits per heavy atom. The van der Waals surface area contributed by atoms with Gasteiger partial charge in [0.15, 0.2) is 0 Å². The molecule has 0 aliphatic rings. The number of anilines is 2. The van der Waals surface area contributed by atoms with Crippen molar-refractivity contribution in [3.63, 3.8) is 0 Å². The molecule has 2 rings (SSSR count). The van der Waals surface area contributed by atoms with Gasteiger partial charge in [-0.15, -0.1) is 0 Å². The Labute approximate surface area is 128 Å². The zero-order valence-electron chi connectivity index (χ0n) is 11.1. The van der Waals surface area contributed by atoms with Gasteiger partial charge in [0.1, 0.15) is 4.90 Å². The summed E-state index contributed by atoms with van der Waals surface area (Å²) in [5.41, 5.74) is 7.27. The first-order valence-corrected chi connectivity index (χ1v) is 7.78. The van der Waals surface area contributed by atoms with E-state index in [0.29, 0.717) is 22.5 Å². The smallest absolute Gasteiger partial charge is 0.263 e. The van der Waals surface area contributed by atoms with E-state index >= 15 is 0 Å². The lowest BCUT2D eigenvalue weighted by Crippen LogP contribution is -2.14. The second-order valence-corrected chi connectivity index (χ2v) is 6.49. The molecule has 2 aromatic carbocycles. The molecule has 0 aromatic heterocycles. The number of nitrogen functional groups attached to an aromatic ring is 1. The van der Waals surface area contributed by atoms with Crippen molar-refractivity contribution in [1.82, 2.24) is 0 Å². The summed E-state index contributed by atoms with van der Waals surface area (Å²) in [7, 11) is -3.89. The number of nitrogens with one attached hydrogen (secondary N) is 1. The summed E-state index contributed by atoms with van der Waals surface area (Å²) < 4.78 is 27.2. The number of nitrogens with two attached hydrogens (primary N) is 1. The van der Waals surface area contributed by atoms with Crippen molar-refractivity contribution >= 4 is 33.0 Å². The van der Waals surface area contributed by atoms with Crippen LogP contribution in [0.3, 0.4) is 0 Å². The Morgan fingerprint density at radius 2 is 1.95 bits per heavy atom. The fourth-order valence-electron chi connectivity index (χ4n) is 1.73. The van der Waals surface area contributed by atoms with Gasteiger partial charge >= 0.3 is 0 Å². The van der Waals surface area contributed by atoms with Gasteiger partial charge in [0, 0.05) is 5.69 Å². The predicted octanol–water partition coefficient (Wildman–Crippen LogP) is 2.90. The second-order valence-electron chi connectivity index (χ2n) is 4.44. The minimum absolute atomic E-state index is 0.0748. The number of halogens is 1. The van der Waals surface area contributed by atoms with Crippen LogP contribution in [0.15, 0.2) is 41.3 Å². The standard InChI is InChI=1S/C14H12ClN3O2S/c1-9-2-3-10(8-16)6-13(9)18-21(19,20)14-7-11(17)4-5-12(14)15/h2-7,18H,17H2,1H3. The minimum atomic E-state index is -3.89. The molecule has 21 heavy (non-hydrogen) atoms. The number of sulfonamides is 1. The number of nitrogens with zero attached hydrogens (tertiary/aromatic N) is 1. The van der Waals surface area contributed by atoms with Gasteiger partial charge in [0.2, 0.25) is 0 Å². The molecule has 0 heterocycles. The van der Waals surface area contributed by atoms with E-state index < -0.39 is 10.0 Å². The second kappa shape index (κ2) is 5.64. The maximum atomic E-state index is 12.4. The highest BCUT2D eigenvalue weighted by Crippen LogP contribution is 2.27. The third kappa shape index (κ3) is 3.27. The molecule has 0 fully saturated rings. The molecule has 3 N–H and O–H groups in total. The van der Waals surface area contributed by atoms with Crippen LogP contribution in [0.2, 0.25) is 5.02 Å². The summed E-state index contributed by atoms with van der Waals surface area (Å²) in [6.07, 6.45) is 0. The van der Waals surface area contributed by atoms with Crippen molar-refractivity contribution in [2.75, 3.05) is 10.5 Å². The van der Waals surface area contributed by atoms with Gasteiger partial charge < -0.3 is 5.73 Å². The number of aryl methyl sites for hydroxylation is 1. The van der Waals surface area contributed by atoms with Crippen LogP contribution in [0.4, 0.5) is 11.4 Å². The van der Waals surface area contributed by atoms with Gasteiger partial charge in [-0.3, -0.25) is 4.72 Å². The Hall–Kier alpha value is -2.23. The fraction of sp³-hybridized carbons (Fsp3) is 0.0714. The molecule has 0 saturated carbocycles. The van der Waals surface area contributed by atoms with Crippen molar-refractivity contribution in [3.8, 4) is 6.07 Å². The lowest BCUT2D eigenvalue weighted by molar-refractivity contribution is 0.601. The summed E-state index contributed by atoms with van der Waals surface area (Å²) in [5, 5.41) is 8.96.